The quantitative estimate of drug-likeness (QED) is 0.621. The maximum Gasteiger partial charge on any atom is 0.218 e. The molecule has 3 heterocycles. The molecule has 10 heteroatoms. The van der Waals surface area contributed by atoms with E-state index < -0.39 is 22.7 Å². The molecule has 4 rings (SSSR count). The van der Waals surface area contributed by atoms with Crippen LogP contribution < -0.4 is 10.0 Å². The summed E-state index contributed by atoms with van der Waals surface area (Å²) in [5.74, 6) is -0.802. The summed E-state index contributed by atoms with van der Waals surface area (Å²) in [7, 11) is 0.323. The van der Waals surface area contributed by atoms with Crippen molar-refractivity contribution in [3.05, 3.63) is 47.2 Å². The van der Waals surface area contributed by atoms with E-state index in [0.29, 0.717) is 28.2 Å². The van der Waals surface area contributed by atoms with E-state index in [9.17, 15) is 9.00 Å². The first-order valence-corrected chi connectivity index (χ1v) is 11.3. The molecule has 146 valence electrons. The number of thiophene rings is 1. The van der Waals surface area contributed by atoms with Crippen LogP contribution in [0.15, 0.2) is 44.9 Å². The van der Waals surface area contributed by atoms with Gasteiger partial charge in [0.05, 0.1) is 17.7 Å². The summed E-state index contributed by atoms with van der Waals surface area (Å²) in [6, 6.07) is 8.86. The highest BCUT2D eigenvalue weighted by molar-refractivity contribution is 8.15. The summed E-state index contributed by atoms with van der Waals surface area (Å²) in [6.45, 7) is 0.424. The Morgan fingerprint density at radius 1 is 1.43 bits per heavy atom. The van der Waals surface area contributed by atoms with Crippen molar-refractivity contribution in [3.63, 3.8) is 0 Å². The van der Waals surface area contributed by atoms with Crippen molar-refractivity contribution in [1.82, 2.24) is 4.98 Å². The van der Waals surface area contributed by atoms with Crippen LogP contribution in [0.1, 0.15) is 12.1 Å². The van der Waals surface area contributed by atoms with Crippen LogP contribution in [0.25, 0.3) is 10.9 Å². The molecule has 0 saturated heterocycles. The molecule has 1 amide bonds. The number of nitrogens with zero attached hydrogens (tertiary/aromatic N) is 2. The second kappa shape index (κ2) is 7.69. The zero-order valence-corrected chi connectivity index (χ0v) is 17.3. The molecule has 6 nitrogen and oxygen atoms in total. The van der Waals surface area contributed by atoms with Crippen molar-refractivity contribution in [3.8, 4) is 0 Å². The zero-order chi connectivity index (χ0) is 19.8. The predicted octanol–water partition coefficient (Wildman–Crippen LogP) is 3.26. The largest absolute Gasteiger partial charge is 0.370 e. The molecule has 0 saturated carbocycles. The minimum absolute atomic E-state index is 0.0770. The van der Waals surface area contributed by atoms with Crippen LogP contribution in [0.4, 0.5) is 10.1 Å². The Kier molecular flexibility index (Phi) is 5.26. The molecule has 2 atom stereocenters. The molecule has 28 heavy (non-hydrogen) atoms. The highest BCUT2D eigenvalue weighted by atomic mass is 32.2. The highest BCUT2D eigenvalue weighted by Gasteiger charge is 2.27. The topological polar surface area (TPSA) is 91.5 Å². The minimum atomic E-state index is -1.39. The fourth-order valence-corrected chi connectivity index (χ4v) is 6.25. The van der Waals surface area contributed by atoms with E-state index in [-0.39, 0.29) is 17.4 Å². The number of rotatable bonds is 6. The number of halogens is 1. The van der Waals surface area contributed by atoms with E-state index in [0.717, 1.165) is 4.21 Å². The molecule has 0 radical (unpaired) electrons. The SMILES string of the molecule is CN(c1cccc2c(F)c(C3=NCC(CC(N)=O)S3)[nH]c12)S(=O)c1cccs1. The zero-order valence-electron chi connectivity index (χ0n) is 14.8. The summed E-state index contributed by atoms with van der Waals surface area (Å²) in [4.78, 5) is 18.6. The molecule has 2 aromatic heterocycles. The van der Waals surface area contributed by atoms with E-state index in [1.165, 1.54) is 23.1 Å². The van der Waals surface area contributed by atoms with Gasteiger partial charge in [0, 0.05) is 24.1 Å². The number of benzene rings is 1. The summed E-state index contributed by atoms with van der Waals surface area (Å²) in [5.41, 5.74) is 6.73. The van der Waals surface area contributed by atoms with Crippen LogP contribution in [0.5, 0.6) is 0 Å². The van der Waals surface area contributed by atoms with Crippen molar-refractivity contribution >= 4 is 61.6 Å². The molecule has 0 bridgehead atoms. The number of carbonyl (C=O) groups excluding carboxylic acids is 1. The first-order valence-electron chi connectivity index (χ1n) is 8.44. The van der Waals surface area contributed by atoms with Crippen LogP contribution in [0.2, 0.25) is 0 Å². The monoisotopic (exact) mass is 436 g/mol. The number of fused-ring (bicyclic) bond motifs is 1. The Hall–Kier alpha value is -2.17. The number of aromatic nitrogens is 1. The Morgan fingerprint density at radius 2 is 2.25 bits per heavy atom. The van der Waals surface area contributed by atoms with Gasteiger partial charge in [0.15, 0.2) is 16.8 Å². The molecule has 1 aromatic carbocycles. The molecule has 3 N–H and O–H groups in total. The lowest BCUT2D eigenvalue weighted by molar-refractivity contribution is -0.117. The number of carbonyl (C=O) groups is 1. The van der Waals surface area contributed by atoms with Gasteiger partial charge in [-0.3, -0.25) is 14.1 Å². The summed E-state index contributed by atoms with van der Waals surface area (Å²) in [6.07, 6.45) is 0.202. The fourth-order valence-electron chi connectivity index (χ4n) is 3.05. The van der Waals surface area contributed by atoms with Gasteiger partial charge in [0.2, 0.25) is 5.91 Å². The number of aromatic amines is 1. The number of thioether (sulfide) groups is 1. The molecule has 0 spiro atoms. The van der Waals surface area contributed by atoms with Gasteiger partial charge < -0.3 is 10.7 Å². The maximum atomic E-state index is 15.1. The average molecular weight is 437 g/mol. The van der Waals surface area contributed by atoms with E-state index in [4.69, 9.17) is 5.73 Å². The third-order valence-corrected chi connectivity index (χ3v) is 8.12. The molecule has 0 fully saturated rings. The number of para-hydroxylation sites is 1. The molecule has 0 aliphatic carbocycles. The summed E-state index contributed by atoms with van der Waals surface area (Å²) in [5, 5.41) is 2.72. The molecular formula is C18H17FN4O2S3. The molecular weight excluding hydrogens is 419 g/mol. The second-order valence-electron chi connectivity index (χ2n) is 6.25. The second-order valence-corrected chi connectivity index (χ2v) is 10.2. The summed E-state index contributed by atoms with van der Waals surface area (Å²) >= 11 is 2.75. The summed E-state index contributed by atoms with van der Waals surface area (Å²) < 4.78 is 30.2. The van der Waals surface area contributed by atoms with E-state index in [1.807, 2.05) is 11.4 Å². The van der Waals surface area contributed by atoms with Gasteiger partial charge in [-0.2, -0.15) is 0 Å². The lowest BCUT2D eigenvalue weighted by Gasteiger charge is -2.17. The van der Waals surface area contributed by atoms with Crippen LogP contribution in [-0.4, -0.2) is 39.0 Å². The highest BCUT2D eigenvalue weighted by Crippen LogP contribution is 2.35. The number of nitrogens with two attached hydrogens (primary N) is 1. The third kappa shape index (κ3) is 3.47. The molecule has 1 aliphatic rings. The van der Waals surface area contributed by atoms with Gasteiger partial charge >= 0.3 is 0 Å². The number of amides is 1. The van der Waals surface area contributed by atoms with Gasteiger partial charge in [-0.1, -0.05) is 23.9 Å². The van der Waals surface area contributed by atoms with Gasteiger partial charge in [0.25, 0.3) is 0 Å². The molecule has 2 unspecified atom stereocenters. The normalized spacial score (nSPS) is 17.6. The standard InChI is InChI=1S/C18H17FN4O2S3/c1-23(28(25)14-6-3-7-26-14)12-5-2-4-11-15(19)17(22-16(11)12)18-21-9-10(27-18)8-13(20)24/h2-7,10,22H,8-9H2,1H3,(H2,20,24). The number of hydrogen-bond donors (Lipinski definition) is 2. The number of hydrogen-bond acceptors (Lipinski definition) is 5. The molecule has 3 aromatic rings. The number of primary amides is 1. The van der Waals surface area contributed by atoms with Gasteiger partial charge in [0.1, 0.15) is 14.9 Å². The first kappa shape index (κ1) is 19.2. The van der Waals surface area contributed by atoms with Gasteiger partial charge in [-0.25, -0.2) is 8.60 Å². The van der Waals surface area contributed by atoms with Crippen molar-refractivity contribution in [2.75, 3.05) is 17.9 Å². The van der Waals surface area contributed by atoms with Crippen LogP contribution >= 0.6 is 23.1 Å². The number of nitrogens with one attached hydrogen (secondary N) is 1. The van der Waals surface area contributed by atoms with E-state index in [2.05, 4.69) is 9.98 Å². The van der Waals surface area contributed by atoms with Gasteiger partial charge in [-0.05, 0) is 23.6 Å². The number of H-pyrrole nitrogens is 1. The number of anilines is 1. The fraction of sp³-hybridized carbons (Fsp3) is 0.222. The van der Waals surface area contributed by atoms with Crippen molar-refractivity contribution < 1.29 is 13.4 Å². The van der Waals surface area contributed by atoms with Gasteiger partial charge in [-0.15, -0.1) is 11.3 Å². The lowest BCUT2D eigenvalue weighted by atomic mass is 10.2. The third-order valence-electron chi connectivity index (χ3n) is 4.36. The average Bonchev–Trinajstić information content (AvgIpc) is 3.40. The predicted molar refractivity (Wildman–Crippen MR) is 114 cm³/mol. The van der Waals surface area contributed by atoms with Crippen LogP contribution in [0, 0.1) is 5.82 Å². The smallest absolute Gasteiger partial charge is 0.218 e. The van der Waals surface area contributed by atoms with Crippen LogP contribution in [0.3, 0.4) is 0 Å². The van der Waals surface area contributed by atoms with E-state index >= 15 is 4.39 Å². The Bertz CT molecular complexity index is 1090. The van der Waals surface area contributed by atoms with Crippen molar-refractivity contribution in [2.45, 2.75) is 15.9 Å². The first-order chi connectivity index (χ1) is 13.5. The Labute approximate surface area is 171 Å². The van der Waals surface area contributed by atoms with Crippen LogP contribution in [-0.2, 0) is 15.8 Å². The minimum Gasteiger partial charge on any atom is -0.370 e. The van der Waals surface area contributed by atoms with E-state index in [1.54, 1.807) is 35.6 Å². The molecule has 1 aliphatic heterocycles. The lowest BCUT2D eigenvalue weighted by Crippen LogP contribution is -2.19. The Balaban J connectivity index is 1.69. The van der Waals surface area contributed by atoms with Crippen molar-refractivity contribution in [1.29, 1.82) is 0 Å². The Morgan fingerprint density at radius 3 is 2.96 bits per heavy atom. The maximum absolute atomic E-state index is 15.1. The number of aliphatic imine (C=N–C) groups is 1. The van der Waals surface area contributed by atoms with Crippen molar-refractivity contribution in [2.24, 2.45) is 10.7 Å².